The van der Waals surface area contributed by atoms with Gasteiger partial charge in [-0.1, -0.05) is 24.3 Å². The van der Waals surface area contributed by atoms with E-state index in [1.165, 1.54) is 16.5 Å². The van der Waals surface area contributed by atoms with Crippen molar-refractivity contribution < 1.29 is 0 Å². The number of aromatic amines is 1. The Morgan fingerprint density at radius 2 is 1.79 bits per heavy atom. The molecule has 19 heavy (non-hydrogen) atoms. The van der Waals surface area contributed by atoms with Crippen LogP contribution in [-0.4, -0.2) is 23.6 Å². The van der Waals surface area contributed by atoms with Gasteiger partial charge in [0.2, 0.25) is 0 Å². The van der Waals surface area contributed by atoms with Crippen LogP contribution in [0.1, 0.15) is 0 Å². The summed E-state index contributed by atoms with van der Waals surface area (Å²) in [6, 6.07) is 12.6. The fraction of sp³-hybridized carbons (Fsp3) is 0.133. The minimum absolute atomic E-state index is 0.711. The van der Waals surface area contributed by atoms with Crippen molar-refractivity contribution in [3.63, 3.8) is 0 Å². The van der Waals surface area contributed by atoms with Crippen molar-refractivity contribution in [3.05, 3.63) is 53.6 Å². The molecule has 1 aromatic heterocycles. The van der Waals surface area contributed by atoms with Crippen LogP contribution in [0.2, 0.25) is 0 Å². The third-order valence-corrected chi connectivity index (χ3v) is 3.58. The average Bonchev–Trinajstić information content (AvgIpc) is 2.83. The number of aromatic nitrogens is 2. The van der Waals surface area contributed by atoms with Crippen molar-refractivity contribution in [3.8, 4) is 5.69 Å². The molecule has 0 amide bonds. The monoisotopic (exact) mass is 269 g/mol. The quantitative estimate of drug-likeness (QED) is 0.716. The summed E-state index contributed by atoms with van der Waals surface area (Å²) in [6.45, 7) is 0. The van der Waals surface area contributed by atoms with Gasteiger partial charge in [0.05, 0.1) is 5.69 Å². The molecule has 1 heterocycles. The maximum absolute atomic E-state index is 5.31. The second-order valence-corrected chi connectivity index (χ2v) is 5.07. The normalized spacial score (nSPS) is 10.8. The van der Waals surface area contributed by atoms with Crippen LogP contribution in [0.4, 0.5) is 5.69 Å². The van der Waals surface area contributed by atoms with E-state index in [1.54, 1.807) is 0 Å². The molecule has 0 saturated heterocycles. The van der Waals surface area contributed by atoms with Crippen LogP contribution < -0.4 is 4.90 Å². The highest BCUT2D eigenvalue weighted by Gasteiger charge is 2.08. The summed E-state index contributed by atoms with van der Waals surface area (Å²) in [5.41, 5.74) is 2.31. The molecule has 0 fully saturated rings. The molecular weight excluding hydrogens is 254 g/mol. The van der Waals surface area contributed by atoms with E-state index in [1.807, 2.05) is 17.0 Å². The topological polar surface area (TPSA) is 24.0 Å². The van der Waals surface area contributed by atoms with Crippen LogP contribution >= 0.6 is 12.2 Å². The molecule has 0 radical (unpaired) electrons. The van der Waals surface area contributed by atoms with E-state index in [-0.39, 0.29) is 0 Å². The van der Waals surface area contributed by atoms with E-state index >= 15 is 0 Å². The fourth-order valence-electron chi connectivity index (χ4n) is 2.38. The highest BCUT2D eigenvalue weighted by Crippen LogP contribution is 2.30. The van der Waals surface area contributed by atoms with Crippen LogP contribution in [0.25, 0.3) is 16.5 Å². The zero-order valence-electron chi connectivity index (χ0n) is 10.9. The number of fused-ring (bicyclic) bond motifs is 1. The first-order valence-corrected chi connectivity index (χ1v) is 6.55. The van der Waals surface area contributed by atoms with Gasteiger partial charge in [0.25, 0.3) is 0 Å². The van der Waals surface area contributed by atoms with Crippen molar-refractivity contribution in [2.45, 2.75) is 0 Å². The van der Waals surface area contributed by atoms with Crippen molar-refractivity contribution in [1.29, 1.82) is 0 Å². The number of imidazole rings is 1. The molecule has 3 nitrogen and oxygen atoms in total. The number of nitrogens with one attached hydrogen (secondary N) is 1. The molecule has 3 aromatic rings. The summed E-state index contributed by atoms with van der Waals surface area (Å²) in [4.78, 5) is 5.16. The van der Waals surface area contributed by atoms with E-state index in [4.69, 9.17) is 12.2 Å². The first kappa shape index (κ1) is 12.0. The fourth-order valence-corrected chi connectivity index (χ4v) is 2.60. The van der Waals surface area contributed by atoms with Crippen LogP contribution in [0, 0.1) is 4.77 Å². The lowest BCUT2D eigenvalue weighted by Crippen LogP contribution is -2.09. The smallest absolute Gasteiger partial charge is 0.181 e. The summed E-state index contributed by atoms with van der Waals surface area (Å²) < 4.78 is 2.71. The van der Waals surface area contributed by atoms with Crippen molar-refractivity contribution in [2.75, 3.05) is 19.0 Å². The Bertz CT molecular complexity index is 783. The van der Waals surface area contributed by atoms with Gasteiger partial charge < -0.3 is 9.88 Å². The average molecular weight is 269 g/mol. The van der Waals surface area contributed by atoms with E-state index in [0.29, 0.717) is 4.77 Å². The van der Waals surface area contributed by atoms with Crippen LogP contribution in [0.3, 0.4) is 0 Å². The molecule has 1 N–H and O–H groups in total. The SMILES string of the molecule is CN(C)c1ccc(-n2cc[nH]c2=S)c2ccccc12. The number of hydrogen-bond donors (Lipinski definition) is 1. The van der Waals surface area contributed by atoms with Crippen molar-refractivity contribution in [2.24, 2.45) is 0 Å². The Balaban J connectivity index is 2.38. The van der Waals surface area contributed by atoms with Gasteiger partial charge in [-0.05, 0) is 24.4 Å². The second kappa shape index (κ2) is 4.55. The number of H-pyrrole nitrogens is 1. The molecule has 96 valence electrons. The third-order valence-electron chi connectivity index (χ3n) is 3.27. The maximum atomic E-state index is 5.31. The first-order valence-electron chi connectivity index (χ1n) is 6.14. The summed E-state index contributed by atoms with van der Waals surface area (Å²) in [7, 11) is 4.12. The molecule has 0 aliphatic carbocycles. The Morgan fingerprint density at radius 3 is 2.42 bits per heavy atom. The lowest BCUT2D eigenvalue weighted by atomic mass is 10.1. The largest absolute Gasteiger partial charge is 0.377 e. The number of benzene rings is 2. The summed E-state index contributed by atoms with van der Waals surface area (Å²) in [5, 5.41) is 2.43. The minimum atomic E-state index is 0.711. The Kier molecular flexibility index (Phi) is 2.87. The zero-order valence-corrected chi connectivity index (χ0v) is 11.7. The summed E-state index contributed by atoms with van der Waals surface area (Å²) in [5.74, 6) is 0. The maximum Gasteiger partial charge on any atom is 0.181 e. The lowest BCUT2D eigenvalue weighted by Gasteiger charge is -2.17. The molecule has 2 aromatic carbocycles. The first-order chi connectivity index (χ1) is 9.18. The van der Waals surface area contributed by atoms with Crippen LogP contribution in [-0.2, 0) is 0 Å². The van der Waals surface area contributed by atoms with Crippen molar-refractivity contribution >= 4 is 28.7 Å². The standard InChI is InChI=1S/C15H15N3S/c1-17(2)13-7-8-14(18-10-9-16-15(18)19)12-6-4-3-5-11(12)13/h3-10H,1-2H3,(H,16,19). The van der Waals surface area contributed by atoms with E-state index in [0.717, 1.165) is 5.69 Å². The van der Waals surface area contributed by atoms with Gasteiger partial charge in [0.1, 0.15) is 0 Å². The molecule has 0 unspecified atom stereocenters. The zero-order chi connectivity index (χ0) is 13.4. The Labute approximate surface area is 117 Å². The van der Waals surface area contributed by atoms with E-state index < -0.39 is 0 Å². The Morgan fingerprint density at radius 1 is 1.05 bits per heavy atom. The third kappa shape index (κ3) is 1.94. The highest BCUT2D eigenvalue weighted by atomic mass is 32.1. The van der Waals surface area contributed by atoms with Gasteiger partial charge >= 0.3 is 0 Å². The van der Waals surface area contributed by atoms with Gasteiger partial charge in [0.15, 0.2) is 4.77 Å². The van der Waals surface area contributed by atoms with Gasteiger partial charge in [-0.2, -0.15) is 0 Å². The second-order valence-electron chi connectivity index (χ2n) is 4.68. The number of anilines is 1. The number of hydrogen-bond acceptors (Lipinski definition) is 2. The highest BCUT2D eigenvalue weighted by molar-refractivity contribution is 7.71. The van der Waals surface area contributed by atoms with Crippen LogP contribution in [0.5, 0.6) is 0 Å². The molecule has 0 saturated carbocycles. The molecule has 0 aliphatic rings. The van der Waals surface area contributed by atoms with Gasteiger partial charge in [-0.3, -0.25) is 4.57 Å². The molecule has 0 bridgehead atoms. The summed E-state index contributed by atoms with van der Waals surface area (Å²) >= 11 is 5.31. The number of nitrogens with zero attached hydrogens (tertiary/aromatic N) is 2. The predicted molar refractivity (Wildman–Crippen MR) is 82.8 cm³/mol. The number of rotatable bonds is 2. The van der Waals surface area contributed by atoms with Gasteiger partial charge in [-0.25, -0.2) is 0 Å². The van der Waals surface area contributed by atoms with Crippen molar-refractivity contribution in [1.82, 2.24) is 9.55 Å². The minimum Gasteiger partial charge on any atom is -0.377 e. The molecule has 0 spiro atoms. The lowest BCUT2D eigenvalue weighted by molar-refractivity contribution is 1.04. The van der Waals surface area contributed by atoms with Gasteiger partial charge in [-0.15, -0.1) is 0 Å². The molecule has 4 heteroatoms. The molecular formula is C15H15N3S. The van der Waals surface area contributed by atoms with E-state index in [9.17, 15) is 0 Å². The molecule has 0 aliphatic heterocycles. The van der Waals surface area contributed by atoms with Crippen LogP contribution in [0.15, 0.2) is 48.8 Å². The molecule has 0 atom stereocenters. The Hall–Kier alpha value is -2.07. The van der Waals surface area contributed by atoms with Gasteiger partial charge in [0, 0.05) is 42.9 Å². The predicted octanol–water partition coefficient (Wildman–Crippen LogP) is 3.75. The summed E-state index contributed by atoms with van der Waals surface area (Å²) in [6.07, 6.45) is 3.82. The molecule has 3 rings (SSSR count). The van der Waals surface area contributed by atoms with E-state index in [2.05, 4.69) is 60.4 Å².